The standard InChI is InChI=1S/C41H67N13O17/c1-19(2)14-24(51-34(64)20(43)15-29(45)56)38(68)49-22(8-10-28(44)55)37(67)48-21(6-3-4-12-42)36(66)52-26(17-32(60)61)39(69)50-23(9-11-31(58)59)41(71)54-13-5-7-27(54)40(70)53-25(16-30(46)57)35(65)47-18-33(62)63/h19-27H,3-18,42-43H2,1-2H3,(H2,44,55)(H2,45,56)(H2,46,57)(H,47,65)(H,48,67)(H,49,68)(H,50,69)(H,51,64)(H,52,66)(H,53,70)(H,58,59)(H,60,61)(H,62,63)/t20-,21-,22-,23-,24-,25-,26-,27-/m0/s1. The Morgan fingerprint density at radius 2 is 1.06 bits per heavy atom. The Morgan fingerprint density at radius 1 is 0.549 bits per heavy atom. The van der Waals surface area contributed by atoms with E-state index in [9.17, 15) is 77.3 Å². The topological polar surface area (TPSA) is 517 Å². The van der Waals surface area contributed by atoms with Gasteiger partial charge in [0.05, 0.1) is 25.3 Å². The number of nitrogens with one attached hydrogen (secondary N) is 7. The fourth-order valence-electron chi connectivity index (χ4n) is 7.07. The van der Waals surface area contributed by atoms with Crippen LogP contribution in [0.2, 0.25) is 0 Å². The summed E-state index contributed by atoms with van der Waals surface area (Å²) in [6.07, 6.45) is -4.37. The number of nitrogens with two attached hydrogens (primary N) is 5. The minimum atomic E-state index is -2.02. The number of aliphatic carboxylic acids is 3. The number of carbonyl (C=O) groups is 14. The summed E-state index contributed by atoms with van der Waals surface area (Å²) in [7, 11) is 0. The summed E-state index contributed by atoms with van der Waals surface area (Å²) in [5.74, 6) is -16.2. The van der Waals surface area contributed by atoms with E-state index in [2.05, 4.69) is 31.9 Å². The van der Waals surface area contributed by atoms with Crippen molar-refractivity contribution in [1.82, 2.24) is 42.1 Å². The van der Waals surface area contributed by atoms with Gasteiger partial charge < -0.3 is 86.1 Å². The number of hydrogen-bond donors (Lipinski definition) is 15. The van der Waals surface area contributed by atoms with Crippen molar-refractivity contribution in [3.05, 3.63) is 0 Å². The maximum atomic E-state index is 14.0. The lowest BCUT2D eigenvalue weighted by atomic mass is 10.0. The van der Waals surface area contributed by atoms with Crippen LogP contribution in [0.25, 0.3) is 0 Å². The van der Waals surface area contributed by atoms with Crippen LogP contribution in [-0.2, 0) is 67.1 Å². The van der Waals surface area contributed by atoms with Crippen LogP contribution in [0, 0.1) is 5.92 Å². The Hall–Kier alpha value is -7.50. The molecule has 1 saturated heterocycles. The number of primary amides is 3. The van der Waals surface area contributed by atoms with Gasteiger partial charge in [0.1, 0.15) is 48.8 Å². The number of nitrogens with zero attached hydrogens (tertiary/aromatic N) is 1. The molecule has 1 aliphatic rings. The van der Waals surface area contributed by atoms with Crippen molar-refractivity contribution in [2.45, 2.75) is 146 Å². The third-order valence-electron chi connectivity index (χ3n) is 10.6. The lowest BCUT2D eigenvalue weighted by molar-refractivity contribution is -0.144. The third kappa shape index (κ3) is 23.6. The Bertz CT molecular complexity index is 1990. The van der Waals surface area contributed by atoms with Crippen LogP contribution in [-0.4, -0.2) is 171 Å². The van der Waals surface area contributed by atoms with Gasteiger partial charge in [0.15, 0.2) is 0 Å². The van der Waals surface area contributed by atoms with E-state index in [0.29, 0.717) is 6.42 Å². The molecule has 1 rings (SSSR count). The van der Waals surface area contributed by atoms with Crippen molar-refractivity contribution in [3.8, 4) is 0 Å². The van der Waals surface area contributed by atoms with Gasteiger partial charge in [0.25, 0.3) is 0 Å². The molecule has 8 atom stereocenters. The Balaban J connectivity index is 3.50. The van der Waals surface area contributed by atoms with E-state index in [1.807, 2.05) is 5.32 Å². The first-order chi connectivity index (χ1) is 33.2. The molecule has 0 saturated carbocycles. The molecular formula is C41H67N13O17. The number of rotatable bonds is 34. The molecule has 1 fully saturated rings. The van der Waals surface area contributed by atoms with Gasteiger partial charge in [-0.3, -0.25) is 67.1 Å². The number of carbonyl (C=O) groups excluding carboxylic acids is 11. The molecule has 0 radical (unpaired) electrons. The molecule has 0 aliphatic carbocycles. The molecule has 0 aromatic rings. The summed E-state index contributed by atoms with van der Waals surface area (Å²) < 4.78 is 0. The zero-order chi connectivity index (χ0) is 54.1. The van der Waals surface area contributed by atoms with Gasteiger partial charge in [-0.1, -0.05) is 13.8 Å². The molecule has 30 heteroatoms. The Kier molecular flexibility index (Phi) is 26.8. The highest BCUT2D eigenvalue weighted by molar-refractivity contribution is 6.00. The van der Waals surface area contributed by atoms with E-state index in [0.717, 1.165) is 4.90 Å². The number of carboxylic acids is 3. The van der Waals surface area contributed by atoms with Gasteiger partial charge in [-0.05, 0) is 63.8 Å². The van der Waals surface area contributed by atoms with E-state index >= 15 is 0 Å². The quantitative estimate of drug-likeness (QED) is 0.0266. The van der Waals surface area contributed by atoms with Crippen molar-refractivity contribution in [3.63, 3.8) is 0 Å². The van der Waals surface area contributed by atoms with Crippen LogP contribution < -0.4 is 65.9 Å². The summed E-state index contributed by atoms with van der Waals surface area (Å²) in [6, 6.07) is -12.8. The number of amides is 11. The molecule has 0 aromatic carbocycles. The number of likely N-dealkylation sites (tertiary alicyclic amines) is 1. The van der Waals surface area contributed by atoms with Gasteiger partial charge in [-0.25, -0.2) is 0 Å². The second kappa shape index (κ2) is 30.9. The lowest BCUT2D eigenvalue weighted by Crippen LogP contribution is -2.60. The molecular weight excluding hydrogens is 947 g/mol. The molecule has 1 heterocycles. The molecule has 398 valence electrons. The van der Waals surface area contributed by atoms with Gasteiger partial charge >= 0.3 is 17.9 Å². The van der Waals surface area contributed by atoms with Crippen molar-refractivity contribution in [2.24, 2.45) is 34.6 Å². The Labute approximate surface area is 406 Å². The largest absolute Gasteiger partial charge is 0.481 e. The van der Waals surface area contributed by atoms with Crippen LogP contribution in [0.5, 0.6) is 0 Å². The number of unbranched alkanes of at least 4 members (excludes halogenated alkanes) is 1. The predicted molar refractivity (Wildman–Crippen MR) is 242 cm³/mol. The molecule has 0 aromatic heterocycles. The van der Waals surface area contributed by atoms with Gasteiger partial charge in [-0.15, -0.1) is 0 Å². The molecule has 30 nitrogen and oxygen atoms in total. The minimum absolute atomic E-state index is 0.00459. The maximum Gasteiger partial charge on any atom is 0.322 e. The fraction of sp³-hybridized carbons (Fsp3) is 0.659. The highest BCUT2D eigenvalue weighted by Gasteiger charge is 2.41. The number of hydrogen-bond acceptors (Lipinski definition) is 16. The van der Waals surface area contributed by atoms with Gasteiger partial charge in [0.2, 0.25) is 65.0 Å². The van der Waals surface area contributed by atoms with Crippen LogP contribution in [0.3, 0.4) is 0 Å². The van der Waals surface area contributed by atoms with Crippen LogP contribution in [0.15, 0.2) is 0 Å². The van der Waals surface area contributed by atoms with Gasteiger partial charge in [-0.2, -0.15) is 0 Å². The van der Waals surface area contributed by atoms with Crippen molar-refractivity contribution in [2.75, 3.05) is 19.6 Å². The normalized spacial score (nSPS) is 16.0. The van der Waals surface area contributed by atoms with E-state index in [-0.39, 0.29) is 51.1 Å². The zero-order valence-electron chi connectivity index (χ0n) is 39.4. The lowest BCUT2D eigenvalue weighted by Gasteiger charge is -2.30. The first-order valence-electron chi connectivity index (χ1n) is 22.5. The van der Waals surface area contributed by atoms with Gasteiger partial charge in [0, 0.05) is 19.4 Å². The minimum Gasteiger partial charge on any atom is -0.481 e. The van der Waals surface area contributed by atoms with E-state index in [1.54, 1.807) is 13.8 Å². The first kappa shape index (κ1) is 61.5. The SMILES string of the molecule is CC(C)C[C@H](NC(=O)[C@@H](N)CC(N)=O)C(=O)N[C@@H](CCC(N)=O)C(=O)N[C@@H](CCCCN)C(=O)N[C@@H](CC(=O)O)C(=O)N[C@@H](CCC(=O)O)C(=O)N1CCC[C@H]1C(=O)N[C@@H](CC(N)=O)C(=O)NCC(=O)O. The van der Waals surface area contributed by atoms with E-state index in [4.69, 9.17) is 33.8 Å². The second-order valence-corrected chi connectivity index (χ2v) is 17.1. The van der Waals surface area contributed by atoms with Crippen LogP contribution in [0.1, 0.15) is 97.3 Å². The molecule has 20 N–H and O–H groups in total. The van der Waals surface area contributed by atoms with Crippen molar-refractivity contribution < 1.29 is 82.4 Å². The van der Waals surface area contributed by atoms with Crippen molar-refractivity contribution in [1.29, 1.82) is 0 Å². The predicted octanol–water partition coefficient (Wildman–Crippen LogP) is -7.05. The molecule has 0 bridgehead atoms. The molecule has 0 unspecified atom stereocenters. The monoisotopic (exact) mass is 1010 g/mol. The fourth-order valence-corrected chi connectivity index (χ4v) is 7.07. The molecule has 71 heavy (non-hydrogen) atoms. The highest BCUT2D eigenvalue weighted by Crippen LogP contribution is 2.21. The third-order valence-corrected chi connectivity index (χ3v) is 10.6. The average molecular weight is 1010 g/mol. The molecule has 1 aliphatic heterocycles. The van der Waals surface area contributed by atoms with Crippen LogP contribution >= 0.6 is 0 Å². The summed E-state index contributed by atoms with van der Waals surface area (Å²) in [4.78, 5) is 179. The summed E-state index contributed by atoms with van der Waals surface area (Å²) in [5.41, 5.74) is 27.0. The molecule has 0 spiro atoms. The first-order valence-corrected chi connectivity index (χ1v) is 22.5. The summed E-state index contributed by atoms with van der Waals surface area (Å²) in [5, 5.41) is 44.1. The summed E-state index contributed by atoms with van der Waals surface area (Å²) >= 11 is 0. The average Bonchev–Trinajstić information content (AvgIpc) is 3.76. The molecule has 11 amide bonds. The number of carboxylic acid groups (broad SMARTS) is 3. The van der Waals surface area contributed by atoms with Crippen LogP contribution in [0.4, 0.5) is 0 Å². The van der Waals surface area contributed by atoms with E-state index < -0.39 is 183 Å². The zero-order valence-corrected chi connectivity index (χ0v) is 39.4. The van der Waals surface area contributed by atoms with Crippen molar-refractivity contribution >= 4 is 82.9 Å². The second-order valence-electron chi connectivity index (χ2n) is 17.1. The summed E-state index contributed by atoms with van der Waals surface area (Å²) in [6.45, 7) is 2.51. The van der Waals surface area contributed by atoms with E-state index in [1.165, 1.54) is 0 Å². The maximum absolute atomic E-state index is 14.0. The highest BCUT2D eigenvalue weighted by atomic mass is 16.4. The Morgan fingerprint density at radius 3 is 1.58 bits per heavy atom. The smallest absolute Gasteiger partial charge is 0.322 e.